The Labute approximate surface area is 128 Å². The second-order valence-electron chi connectivity index (χ2n) is 4.96. The van der Waals surface area contributed by atoms with E-state index in [1.165, 1.54) is 0 Å². The molecule has 1 atom stereocenters. The second kappa shape index (κ2) is 6.14. The van der Waals surface area contributed by atoms with Gasteiger partial charge in [-0.2, -0.15) is 0 Å². The number of carbonyl (C=O) groups excluding carboxylic acids is 1. The lowest BCUT2D eigenvalue weighted by molar-refractivity contribution is 0.0860. The van der Waals surface area contributed by atoms with Crippen LogP contribution in [-0.4, -0.2) is 32.1 Å². The number of halogens is 1. The molecule has 110 valence electrons. The van der Waals surface area contributed by atoms with Crippen LogP contribution >= 0.6 is 15.9 Å². The minimum absolute atomic E-state index is 0.0951. The summed E-state index contributed by atoms with van der Waals surface area (Å²) in [6.45, 7) is 2.93. The van der Waals surface area contributed by atoms with Crippen molar-refractivity contribution in [2.75, 3.05) is 20.8 Å². The van der Waals surface area contributed by atoms with Crippen molar-refractivity contribution in [3.8, 4) is 11.5 Å². The average Bonchev–Trinajstić information content (AvgIpc) is 2.96. The number of ether oxygens (including phenoxy) is 2. The van der Waals surface area contributed by atoms with Gasteiger partial charge in [-0.25, -0.2) is 0 Å². The van der Waals surface area contributed by atoms with Crippen molar-refractivity contribution < 1.29 is 14.3 Å². The third-order valence-corrected chi connectivity index (χ3v) is 4.76. The van der Waals surface area contributed by atoms with E-state index in [9.17, 15) is 4.79 Å². The largest absolute Gasteiger partial charge is 0.495 e. The molecule has 0 bridgehead atoms. The Kier molecular flexibility index (Phi) is 4.70. The summed E-state index contributed by atoms with van der Waals surface area (Å²) in [5, 5.41) is 3.37. The van der Waals surface area contributed by atoms with Crippen molar-refractivity contribution in [2.45, 2.75) is 31.7 Å². The lowest BCUT2D eigenvalue weighted by atomic mass is 9.85. The van der Waals surface area contributed by atoms with E-state index in [0.29, 0.717) is 21.5 Å². The van der Waals surface area contributed by atoms with Gasteiger partial charge in [0.05, 0.1) is 25.3 Å². The first-order chi connectivity index (χ1) is 9.59. The molecule has 5 heteroatoms. The number of hydrogen-bond acceptors (Lipinski definition) is 4. The van der Waals surface area contributed by atoms with Gasteiger partial charge in [0, 0.05) is 0 Å². The Bertz CT molecular complexity index is 510. The van der Waals surface area contributed by atoms with E-state index in [4.69, 9.17) is 9.47 Å². The summed E-state index contributed by atoms with van der Waals surface area (Å²) in [6.07, 6.45) is 2.67. The molecule has 0 amide bonds. The van der Waals surface area contributed by atoms with Gasteiger partial charge in [-0.05, 0) is 53.9 Å². The fourth-order valence-corrected chi connectivity index (χ4v) is 3.46. The molecule has 1 fully saturated rings. The predicted molar refractivity (Wildman–Crippen MR) is 81.8 cm³/mol. The van der Waals surface area contributed by atoms with Crippen LogP contribution in [0, 0.1) is 0 Å². The van der Waals surface area contributed by atoms with Crippen LogP contribution in [-0.2, 0) is 0 Å². The number of ketones is 1. The molecule has 1 aromatic carbocycles. The third kappa shape index (κ3) is 2.44. The van der Waals surface area contributed by atoms with Crippen LogP contribution in [0.4, 0.5) is 0 Å². The van der Waals surface area contributed by atoms with E-state index in [1.54, 1.807) is 26.4 Å². The van der Waals surface area contributed by atoms with Gasteiger partial charge in [0.25, 0.3) is 0 Å². The average molecular weight is 342 g/mol. The topological polar surface area (TPSA) is 47.6 Å². The maximum Gasteiger partial charge on any atom is 0.186 e. The SMILES string of the molecule is CCC1(C(=O)c2ccc(OC)c(Br)c2OC)CCCN1. The van der Waals surface area contributed by atoms with Crippen LogP contribution in [0.1, 0.15) is 36.5 Å². The summed E-state index contributed by atoms with van der Waals surface area (Å²) in [7, 11) is 3.16. The van der Waals surface area contributed by atoms with E-state index >= 15 is 0 Å². The number of Topliss-reactive ketones (excluding diaryl/α,β-unsaturated/α-hetero) is 1. The van der Waals surface area contributed by atoms with Crippen molar-refractivity contribution >= 4 is 21.7 Å². The molecule has 0 saturated carbocycles. The Balaban J connectivity index is 2.47. The fourth-order valence-electron chi connectivity index (χ4n) is 2.79. The molecule has 1 aliphatic heterocycles. The number of nitrogens with one attached hydrogen (secondary N) is 1. The van der Waals surface area contributed by atoms with Gasteiger partial charge in [-0.15, -0.1) is 0 Å². The summed E-state index contributed by atoms with van der Waals surface area (Å²) in [5.74, 6) is 1.29. The van der Waals surface area contributed by atoms with E-state index in [0.717, 1.165) is 25.8 Å². The number of carbonyl (C=O) groups is 1. The molecule has 0 spiro atoms. The second-order valence-corrected chi connectivity index (χ2v) is 5.75. The summed E-state index contributed by atoms with van der Waals surface area (Å²) >= 11 is 3.45. The zero-order valence-electron chi connectivity index (χ0n) is 12.1. The maximum atomic E-state index is 12.9. The van der Waals surface area contributed by atoms with Crippen LogP contribution in [0.15, 0.2) is 16.6 Å². The third-order valence-electron chi connectivity index (χ3n) is 4.01. The molecule has 20 heavy (non-hydrogen) atoms. The molecule has 1 unspecified atom stereocenters. The van der Waals surface area contributed by atoms with Gasteiger partial charge >= 0.3 is 0 Å². The van der Waals surface area contributed by atoms with E-state index in [-0.39, 0.29) is 5.78 Å². The van der Waals surface area contributed by atoms with Gasteiger partial charge in [0.1, 0.15) is 16.0 Å². The van der Waals surface area contributed by atoms with E-state index < -0.39 is 5.54 Å². The molecular weight excluding hydrogens is 322 g/mol. The van der Waals surface area contributed by atoms with Crippen LogP contribution in [0.2, 0.25) is 0 Å². The summed E-state index contributed by atoms with van der Waals surface area (Å²) in [4.78, 5) is 12.9. The lowest BCUT2D eigenvalue weighted by Gasteiger charge is -2.27. The molecule has 1 heterocycles. The maximum absolute atomic E-state index is 12.9. The van der Waals surface area contributed by atoms with Crippen molar-refractivity contribution in [1.29, 1.82) is 0 Å². The van der Waals surface area contributed by atoms with Crippen molar-refractivity contribution in [2.24, 2.45) is 0 Å². The Morgan fingerprint density at radius 3 is 2.65 bits per heavy atom. The fraction of sp³-hybridized carbons (Fsp3) is 0.533. The monoisotopic (exact) mass is 341 g/mol. The van der Waals surface area contributed by atoms with Gasteiger partial charge in [-0.1, -0.05) is 6.92 Å². The Morgan fingerprint density at radius 1 is 1.40 bits per heavy atom. The normalized spacial score (nSPS) is 21.8. The van der Waals surface area contributed by atoms with Gasteiger partial charge in [-0.3, -0.25) is 4.79 Å². The quantitative estimate of drug-likeness (QED) is 0.835. The van der Waals surface area contributed by atoms with Crippen molar-refractivity contribution in [3.05, 3.63) is 22.2 Å². The highest BCUT2D eigenvalue weighted by atomic mass is 79.9. The van der Waals surface area contributed by atoms with E-state index in [1.807, 2.05) is 6.92 Å². The number of rotatable bonds is 5. The molecule has 0 aromatic heterocycles. The molecule has 1 saturated heterocycles. The predicted octanol–water partition coefficient (Wildman–Crippen LogP) is 3.18. The van der Waals surface area contributed by atoms with Crippen LogP contribution in [0.5, 0.6) is 11.5 Å². The molecular formula is C15H20BrNO3. The standard InChI is InChI=1S/C15H20BrNO3/c1-4-15(8-5-9-17-15)14(18)10-6-7-11(19-2)12(16)13(10)20-3/h6-7,17H,4-5,8-9H2,1-3H3. The Hall–Kier alpha value is -1.07. The van der Waals surface area contributed by atoms with Crippen LogP contribution < -0.4 is 14.8 Å². The van der Waals surface area contributed by atoms with Gasteiger partial charge < -0.3 is 14.8 Å². The summed E-state index contributed by atoms with van der Waals surface area (Å²) in [5.41, 5.74) is 0.137. The first kappa shape index (κ1) is 15.3. The minimum atomic E-state index is -0.457. The molecule has 4 nitrogen and oxygen atoms in total. The molecule has 1 N–H and O–H groups in total. The molecule has 2 rings (SSSR count). The van der Waals surface area contributed by atoms with Crippen LogP contribution in [0.3, 0.4) is 0 Å². The van der Waals surface area contributed by atoms with Crippen molar-refractivity contribution in [3.63, 3.8) is 0 Å². The van der Waals surface area contributed by atoms with Gasteiger partial charge in [0.2, 0.25) is 0 Å². The van der Waals surface area contributed by atoms with Gasteiger partial charge in [0.15, 0.2) is 5.78 Å². The molecule has 0 radical (unpaired) electrons. The molecule has 1 aliphatic rings. The number of methoxy groups -OCH3 is 2. The molecule has 1 aromatic rings. The minimum Gasteiger partial charge on any atom is -0.495 e. The zero-order chi connectivity index (χ0) is 14.8. The zero-order valence-corrected chi connectivity index (χ0v) is 13.7. The first-order valence-corrected chi connectivity index (χ1v) is 7.59. The number of benzene rings is 1. The lowest BCUT2D eigenvalue weighted by Crippen LogP contribution is -2.47. The summed E-state index contributed by atoms with van der Waals surface area (Å²) in [6, 6.07) is 3.57. The summed E-state index contributed by atoms with van der Waals surface area (Å²) < 4.78 is 11.3. The first-order valence-electron chi connectivity index (χ1n) is 6.80. The smallest absolute Gasteiger partial charge is 0.186 e. The highest BCUT2D eigenvalue weighted by molar-refractivity contribution is 9.10. The highest BCUT2D eigenvalue weighted by Crippen LogP contribution is 2.40. The Morgan fingerprint density at radius 2 is 2.15 bits per heavy atom. The van der Waals surface area contributed by atoms with E-state index in [2.05, 4.69) is 21.2 Å². The highest BCUT2D eigenvalue weighted by Gasteiger charge is 2.41. The van der Waals surface area contributed by atoms with Crippen LogP contribution in [0.25, 0.3) is 0 Å². The van der Waals surface area contributed by atoms with Crippen molar-refractivity contribution in [1.82, 2.24) is 5.32 Å². The number of hydrogen-bond donors (Lipinski definition) is 1. The molecule has 0 aliphatic carbocycles.